The molecule has 1 unspecified atom stereocenters. The first kappa shape index (κ1) is 30.2. The van der Waals surface area contributed by atoms with Crippen molar-refractivity contribution >= 4 is 17.7 Å². The molecule has 0 bridgehead atoms. The molecule has 3 aliphatic rings. The Labute approximate surface area is 259 Å². The zero-order chi connectivity index (χ0) is 30.6. The van der Waals surface area contributed by atoms with Crippen LogP contribution in [-0.4, -0.2) is 81.6 Å². The van der Waals surface area contributed by atoms with Gasteiger partial charge in [-0.05, 0) is 82.0 Å². The fraction of sp³-hybridized carbons (Fsp3) is 0.486. The molecule has 1 aromatic heterocycles. The van der Waals surface area contributed by atoms with Gasteiger partial charge in [-0.3, -0.25) is 9.69 Å². The van der Waals surface area contributed by atoms with Crippen molar-refractivity contribution in [2.75, 3.05) is 38.0 Å². The molecule has 3 aliphatic heterocycles. The number of aromatic nitrogens is 2. The Balaban J connectivity index is 1.02. The number of anilines is 1. The van der Waals surface area contributed by atoms with Crippen LogP contribution in [0.1, 0.15) is 93.6 Å². The van der Waals surface area contributed by atoms with E-state index in [4.69, 9.17) is 4.74 Å². The van der Waals surface area contributed by atoms with Gasteiger partial charge in [-0.15, -0.1) is 0 Å². The number of nitrogens with zero attached hydrogens (tertiary/aromatic N) is 4. The van der Waals surface area contributed by atoms with E-state index in [2.05, 4.69) is 51.4 Å². The molecule has 4 heterocycles. The number of rotatable bonds is 8. The molecule has 9 heteroatoms. The summed E-state index contributed by atoms with van der Waals surface area (Å²) in [6, 6.07) is 16.4. The van der Waals surface area contributed by atoms with Crippen molar-refractivity contribution in [1.82, 2.24) is 19.8 Å². The van der Waals surface area contributed by atoms with E-state index in [1.54, 1.807) is 12.1 Å². The van der Waals surface area contributed by atoms with Gasteiger partial charge in [-0.2, -0.15) is 0 Å². The Bertz CT molecular complexity index is 1470. The molecule has 44 heavy (non-hydrogen) atoms. The van der Waals surface area contributed by atoms with E-state index in [1.165, 1.54) is 17.5 Å². The van der Waals surface area contributed by atoms with Gasteiger partial charge in [-0.25, -0.2) is 14.8 Å². The van der Waals surface area contributed by atoms with Gasteiger partial charge in [0, 0.05) is 37.8 Å². The van der Waals surface area contributed by atoms with Crippen molar-refractivity contribution in [2.45, 2.75) is 76.5 Å². The lowest BCUT2D eigenvalue weighted by Gasteiger charge is -2.37. The zero-order valence-electron chi connectivity index (χ0n) is 25.7. The largest absolute Gasteiger partial charge is 0.478 e. The molecule has 2 aromatic carbocycles. The number of carbonyl (C=O) groups is 2. The van der Waals surface area contributed by atoms with Crippen molar-refractivity contribution in [2.24, 2.45) is 0 Å². The summed E-state index contributed by atoms with van der Waals surface area (Å²) in [6.07, 6.45) is 7.54. The second-order valence-electron chi connectivity index (χ2n) is 12.6. The fourth-order valence-electron chi connectivity index (χ4n) is 7.13. The Hall–Kier alpha value is -3.82. The topological polar surface area (TPSA) is 108 Å². The standard InChI is InChI=1S/C35H43N5O4/c1-23-10-12-25(13-11-23)31-9-5-6-28(44-31)20-36-33-24(2)32(37-22-38-33)34(41)39-18-15-27(16-19-39)40-17-14-26(21-40)29-7-3-4-8-30(29)35(42)43/h3-4,7-8,10-13,22,26-28,31H,5-6,9,14-21H2,1-2H3,(H,42,43)(H,36,37,38)/t26?,28-,31+/m1/s1. The molecule has 3 fully saturated rings. The smallest absolute Gasteiger partial charge is 0.335 e. The molecule has 9 nitrogen and oxygen atoms in total. The number of nitrogens with one attached hydrogen (secondary N) is 1. The minimum Gasteiger partial charge on any atom is -0.478 e. The number of carboxylic acid groups (broad SMARTS) is 1. The van der Waals surface area contributed by atoms with E-state index in [0.717, 1.165) is 62.7 Å². The highest BCUT2D eigenvalue weighted by Crippen LogP contribution is 2.34. The molecule has 3 atom stereocenters. The molecule has 0 radical (unpaired) electrons. The van der Waals surface area contributed by atoms with Gasteiger partial charge in [0.2, 0.25) is 0 Å². The van der Waals surface area contributed by atoms with Crippen LogP contribution in [0.4, 0.5) is 5.82 Å². The summed E-state index contributed by atoms with van der Waals surface area (Å²) in [5.74, 6) is 0.000787. The normalized spacial score (nSPS) is 23.0. The highest BCUT2D eigenvalue weighted by molar-refractivity contribution is 5.94. The number of hydrogen-bond donors (Lipinski definition) is 2. The van der Waals surface area contributed by atoms with Gasteiger partial charge in [-0.1, -0.05) is 48.0 Å². The number of carbonyl (C=O) groups excluding carboxylic acids is 1. The van der Waals surface area contributed by atoms with Gasteiger partial charge >= 0.3 is 5.97 Å². The van der Waals surface area contributed by atoms with Crippen molar-refractivity contribution in [3.8, 4) is 0 Å². The fourth-order valence-corrected chi connectivity index (χ4v) is 7.13. The SMILES string of the molecule is Cc1ccc([C@@H]2CCC[C@H](CNc3ncnc(C(=O)N4CCC(N5CCC(c6ccccc6C(=O)O)C5)CC4)c3C)O2)cc1. The Morgan fingerprint density at radius 1 is 0.955 bits per heavy atom. The van der Waals surface area contributed by atoms with Crippen molar-refractivity contribution < 1.29 is 19.4 Å². The molecular weight excluding hydrogens is 554 g/mol. The van der Waals surface area contributed by atoms with Crippen LogP contribution in [-0.2, 0) is 4.74 Å². The molecule has 6 rings (SSSR count). The molecule has 3 saturated heterocycles. The van der Waals surface area contributed by atoms with Crippen LogP contribution < -0.4 is 5.32 Å². The summed E-state index contributed by atoms with van der Waals surface area (Å²) < 4.78 is 6.44. The summed E-state index contributed by atoms with van der Waals surface area (Å²) in [4.78, 5) is 38.6. The number of hydrogen-bond acceptors (Lipinski definition) is 7. The van der Waals surface area contributed by atoms with Crippen LogP contribution >= 0.6 is 0 Å². The lowest BCUT2D eigenvalue weighted by atomic mass is 9.93. The summed E-state index contributed by atoms with van der Waals surface area (Å²) in [7, 11) is 0. The third-order valence-corrected chi connectivity index (χ3v) is 9.70. The first-order chi connectivity index (χ1) is 21.4. The predicted molar refractivity (Wildman–Crippen MR) is 169 cm³/mol. The molecule has 232 valence electrons. The molecule has 1 amide bonds. The number of amides is 1. The van der Waals surface area contributed by atoms with Crippen LogP contribution in [0.15, 0.2) is 54.9 Å². The zero-order valence-corrected chi connectivity index (χ0v) is 25.7. The van der Waals surface area contributed by atoms with Crippen LogP contribution in [0.5, 0.6) is 0 Å². The van der Waals surface area contributed by atoms with Crippen LogP contribution in [0.25, 0.3) is 0 Å². The van der Waals surface area contributed by atoms with Crippen molar-refractivity contribution in [3.63, 3.8) is 0 Å². The minimum absolute atomic E-state index is 0.0468. The van der Waals surface area contributed by atoms with E-state index in [9.17, 15) is 14.7 Å². The van der Waals surface area contributed by atoms with Gasteiger partial charge in [0.15, 0.2) is 0 Å². The summed E-state index contributed by atoms with van der Waals surface area (Å²) in [5.41, 5.74) is 5.03. The third kappa shape index (κ3) is 6.64. The van der Waals surface area contributed by atoms with Gasteiger partial charge < -0.3 is 20.1 Å². The highest BCUT2D eigenvalue weighted by Gasteiger charge is 2.34. The number of aryl methyl sites for hydroxylation is 1. The number of carboxylic acids is 1. The molecule has 0 spiro atoms. The predicted octanol–water partition coefficient (Wildman–Crippen LogP) is 5.61. The monoisotopic (exact) mass is 597 g/mol. The molecule has 0 saturated carbocycles. The van der Waals surface area contributed by atoms with E-state index >= 15 is 0 Å². The minimum atomic E-state index is -0.863. The van der Waals surface area contributed by atoms with E-state index in [-0.39, 0.29) is 24.0 Å². The number of aromatic carboxylic acids is 1. The number of piperidine rings is 1. The van der Waals surface area contributed by atoms with Crippen molar-refractivity contribution in [3.05, 3.63) is 88.4 Å². The molecule has 0 aliphatic carbocycles. The van der Waals surface area contributed by atoms with E-state index < -0.39 is 5.97 Å². The quantitative estimate of drug-likeness (QED) is 0.345. The summed E-state index contributed by atoms with van der Waals surface area (Å²) >= 11 is 0. The lowest BCUT2D eigenvalue weighted by Crippen LogP contribution is -2.46. The second kappa shape index (κ2) is 13.4. The Morgan fingerprint density at radius 2 is 1.73 bits per heavy atom. The maximum Gasteiger partial charge on any atom is 0.335 e. The van der Waals surface area contributed by atoms with E-state index in [1.807, 2.05) is 24.0 Å². The average molecular weight is 598 g/mol. The molecular formula is C35H43N5O4. The maximum absolute atomic E-state index is 13.6. The summed E-state index contributed by atoms with van der Waals surface area (Å²) in [6.45, 7) is 7.82. The third-order valence-electron chi connectivity index (χ3n) is 9.70. The lowest BCUT2D eigenvalue weighted by molar-refractivity contribution is -0.0442. The van der Waals surface area contributed by atoms with Gasteiger partial charge in [0.05, 0.1) is 17.8 Å². The maximum atomic E-state index is 13.6. The van der Waals surface area contributed by atoms with Gasteiger partial charge in [0.1, 0.15) is 17.8 Å². The first-order valence-corrected chi connectivity index (χ1v) is 16.0. The van der Waals surface area contributed by atoms with E-state index in [0.29, 0.717) is 42.8 Å². The molecule has 2 N–H and O–H groups in total. The van der Waals surface area contributed by atoms with Crippen molar-refractivity contribution in [1.29, 1.82) is 0 Å². The average Bonchev–Trinajstić information content (AvgIpc) is 3.55. The van der Waals surface area contributed by atoms with Gasteiger partial charge in [0.25, 0.3) is 5.91 Å². The van der Waals surface area contributed by atoms with Crippen LogP contribution in [0.2, 0.25) is 0 Å². The summed E-state index contributed by atoms with van der Waals surface area (Å²) in [5, 5.41) is 13.1. The molecule has 3 aromatic rings. The Kier molecular flexibility index (Phi) is 9.23. The first-order valence-electron chi connectivity index (χ1n) is 16.0. The highest BCUT2D eigenvalue weighted by atomic mass is 16.5. The number of likely N-dealkylation sites (tertiary alicyclic amines) is 2. The van der Waals surface area contributed by atoms with Crippen LogP contribution in [0.3, 0.4) is 0 Å². The Morgan fingerprint density at radius 3 is 2.50 bits per heavy atom. The second-order valence-corrected chi connectivity index (χ2v) is 12.6. The van der Waals surface area contributed by atoms with Crippen LogP contribution in [0, 0.1) is 13.8 Å². The number of benzene rings is 2. The number of ether oxygens (including phenoxy) is 1.